The maximum atomic E-state index is 11.8. The summed E-state index contributed by atoms with van der Waals surface area (Å²) in [6.07, 6.45) is 5.10. The summed E-state index contributed by atoms with van der Waals surface area (Å²) in [4.78, 5) is 13.9. The van der Waals surface area contributed by atoms with Crippen molar-refractivity contribution in [1.29, 1.82) is 0 Å². The molecule has 27 heavy (non-hydrogen) atoms. The van der Waals surface area contributed by atoms with Crippen molar-refractivity contribution in [2.75, 3.05) is 34.4 Å². The number of methoxy groups -OCH3 is 1. The molecule has 5 heteroatoms. The third-order valence-corrected chi connectivity index (χ3v) is 5.54. The van der Waals surface area contributed by atoms with Gasteiger partial charge in [0.1, 0.15) is 12.4 Å². The van der Waals surface area contributed by atoms with Gasteiger partial charge in [-0.1, -0.05) is 31.4 Å². The van der Waals surface area contributed by atoms with Gasteiger partial charge in [-0.3, -0.25) is 4.79 Å². The Labute approximate surface area is 163 Å². The average molecular weight is 378 g/mol. The van der Waals surface area contributed by atoms with Crippen LogP contribution in [0.5, 0.6) is 5.75 Å². The fraction of sp³-hybridized carbons (Fsp3) is 0.682. The summed E-state index contributed by atoms with van der Waals surface area (Å²) in [6, 6.07) is 7.94. The lowest BCUT2D eigenvalue weighted by molar-refractivity contribution is -0.152. The van der Waals surface area contributed by atoms with E-state index < -0.39 is 11.0 Å². The summed E-state index contributed by atoms with van der Waals surface area (Å²) in [5.41, 5.74) is -0.205. The summed E-state index contributed by atoms with van der Waals surface area (Å²) in [7, 11) is 5.48. The fourth-order valence-electron chi connectivity index (χ4n) is 3.86. The van der Waals surface area contributed by atoms with Gasteiger partial charge in [-0.25, -0.2) is 0 Å². The highest BCUT2D eigenvalue weighted by atomic mass is 16.5. The zero-order valence-electron chi connectivity index (χ0n) is 17.5. The molecule has 1 fully saturated rings. The number of esters is 1. The molecule has 0 amide bonds. The summed E-state index contributed by atoms with van der Waals surface area (Å²) in [5, 5.41) is 11.3. The maximum absolute atomic E-state index is 11.8. The molecule has 0 aliphatic heterocycles. The van der Waals surface area contributed by atoms with Crippen molar-refractivity contribution in [1.82, 2.24) is 4.90 Å². The van der Waals surface area contributed by atoms with Crippen LogP contribution in [-0.2, 0) is 9.53 Å². The van der Waals surface area contributed by atoms with Crippen LogP contribution in [0.4, 0.5) is 0 Å². The van der Waals surface area contributed by atoms with Crippen LogP contribution in [0.15, 0.2) is 24.3 Å². The molecule has 0 radical (unpaired) electrons. The Hall–Kier alpha value is -1.59. The van der Waals surface area contributed by atoms with Crippen LogP contribution in [0.2, 0.25) is 0 Å². The zero-order chi connectivity index (χ0) is 20.1. The van der Waals surface area contributed by atoms with Crippen molar-refractivity contribution in [3.05, 3.63) is 29.8 Å². The van der Waals surface area contributed by atoms with Crippen molar-refractivity contribution >= 4 is 5.97 Å². The van der Waals surface area contributed by atoms with Crippen molar-refractivity contribution in [2.45, 2.75) is 57.5 Å². The van der Waals surface area contributed by atoms with Crippen LogP contribution in [-0.4, -0.2) is 55.9 Å². The number of hydrogen-bond acceptors (Lipinski definition) is 5. The van der Waals surface area contributed by atoms with Crippen LogP contribution in [0.25, 0.3) is 0 Å². The van der Waals surface area contributed by atoms with E-state index in [0.717, 1.165) is 43.5 Å². The quantitative estimate of drug-likeness (QED) is 0.702. The molecular formula is C22H35NO4. The van der Waals surface area contributed by atoms with Crippen LogP contribution >= 0.6 is 0 Å². The standard InChI is InChI=1S/C22H35NO4/c1-21(2,20(24)26-5)16-27-18-11-9-17(10-12-18)19(15-23(3)4)22(25)13-7-6-8-14-22/h9-12,19,25H,6-8,13-16H2,1-5H3. The van der Waals surface area contributed by atoms with Gasteiger partial charge in [-0.15, -0.1) is 0 Å². The maximum Gasteiger partial charge on any atom is 0.314 e. The molecule has 1 aliphatic carbocycles. The molecule has 2 rings (SSSR count). The van der Waals surface area contributed by atoms with Crippen LogP contribution in [0.3, 0.4) is 0 Å². The van der Waals surface area contributed by atoms with Gasteiger partial charge in [0.2, 0.25) is 0 Å². The number of aliphatic hydroxyl groups is 1. The molecule has 1 atom stereocenters. The lowest BCUT2D eigenvalue weighted by Gasteiger charge is -2.40. The van der Waals surface area contributed by atoms with E-state index in [1.807, 2.05) is 38.4 Å². The first kappa shape index (κ1) is 21.7. The number of carbonyl (C=O) groups is 1. The van der Waals surface area contributed by atoms with Crippen molar-refractivity contribution in [3.8, 4) is 5.75 Å². The summed E-state index contributed by atoms with van der Waals surface area (Å²) >= 11 is 0. The minimum absolute atomic E-state index is 0.0772. The topological polar surface area (TPSA) is 59.0 Å². The molecule has 0 spiro atoms. The second kappa shape index (κ2) is 9.07. The monoisotopic (exact) mass is 377 g/mol. The average Bonchev–Trinajstić information content (AvgIpc) is 2.64. The summed E-state index contributed by atoms with van der Waals surface area (Å²) < 4.78 is 10.6. The molecular weight excluding hydrogens is 342 g/mol. The Morgan fingerprint density at radius 1 is 1.19 bits per heavy atom. The van der Waals surface area contributed by atoms with E-state index in [1.165, 1.54) is 13.5 Å². The molecule has 152 valence electrons. The van der Waals surface area contributed by atoms with Gasteiger partial charge in [0.05, 0.1) is 18.1 Å². The highest BCUT2D eigenvalue weighted by Crippen LogP contribution is 2.40. The number of ether oxygens (including phenoxy) is 2. The smallest absolute Gasteiger partial charge is 0.314 e. The Balaban J connectivity index is 2.11. The fourth-order valence-corrected chi connectivity index (χ4v) is 3.86. The Morgan fingerprint density at radius 3 is 2.30 bits per heavy atom. The van der Waals surface area contributed by atoms with E-state index in [0.29, 0.717) is 0 Å². The van der Waals surface area contributed by atoms with Crippen molar-refractivity contribution < 1.29 is 19.4 Å². The minimum atomic E-state index is -0.696. The molecule has 0 heterocycles. The molecule has 0 aromatic heterocycles. The molecule has 1 saturated carbocycles. The van der Waals surface area contributed by atoms with Crippen molar-refractivity contribution in [3.63, 3.8) is 0 Å². The largest absolute Gasteiger partial charge is 0.492 e. The van der Waals surface area contributed by atoms with Gasteiger partial charge < -0.3 is 19.5 Å². The van der Waals surface area contributed by atoms with Gasteiger partial charge in [-0.2, -0.15) is 0 Å². The second-order valence-corrected chi connectivity index (χ2v) is 8.71. The van der Waals surface area contributed by atoms with Crippen molar-refractivity contribution in [2.24, 2.45) is 5.41 Å². The summed E-state index contributed by atoms with van der Waals surface area (Å²) in [5.74, 6) is 0.507. The molecule has 0 bridgehead atoms. The van der Waals surface area contributed by atoms with E-state index in [2.05, 4.69) is 4.90 Å². The number of hydrogen-bond donors (Lipinski definition) is 1. The van der Waals surface area contributed by atoms with Crippen LogP contribution in [0, 0.1) is 5.41 Å². The number of rotatable bonds is 8. The molecule has 1 aliphatic rings. The minimum Gasteiger partial charge on any atom is -0.492 e. The number of likely N-dealkylation sites (N-methyl/N-ethyl adjacent to an activating group) is 1. The summed E-state index contributed by atoms with van der Waals surface area (Å²) in [6.45, 7) is 4.67. The van der Waals surface area contributed by atoms with Crippen LogP contribution < -0.4 is 4.74 Å². The van der Waals surface area contributed by atoms with Gasteiger partial charge >= 0.3 is 5.97 Å². The third kappa shape index (κ3) is 5.69. The number of carbonyl (C=O) groups excluding carboxylic acids is 1. The van der Waals surface area contributed by atoms with Gasteiger partial charge in [0, 0.05) is 12.5 Å². The Kier molecular flexibility index (Phi) is 7.29. The molecule has 1 aromatic carbocycles. The number of benzene rings is 1. The Bertz CT molecular complexity index is 603. The first-order valence-electron chi connectivity index (χ1n) is 9.86. The first-order valence-corrected chi connectivity index (χ1v) is 9.86. The number of nitrogens with zero attached hydrogens (tertiary/aromatic N) is 1. The van der Waals surface area contributed by atoms with E-state index in [9.17, 15) is 9.90 Å². The second-order valence-electron chi connectivity index (χ2n) is 8.71. The highest BCUT2D eigenvalue weighted by molar-refractivity contribution is 5.75. The van der Waals surface area contributed by atoms with E-state index in [4.69, 9.17) is 9.47 Å². The van der Waals surface area contributed by atoms with E-state index >= 15 is 0 Å². The lowest BCUT2D eigenvalue weighted by Crippen LogP contribution is -2.42. The third-order valence-electron chi connectivity index (χ3n) is 5.54. The molecule has 1 N–H and O–H groups in total. The zero-order valence-corrected chi connectivity index (χ0v) is 17.5. The van der Waals surface area contributed by atoms with E-state index in [1.54, 1.807) is 13.8 Å². The highest BCUT2D eigenvalue weighted by Gasteiger charge is 2.39. The van der Waals surface area contributed by atoms with Crippen LogP contribution in [0.1, 0.15) is 57.4 Å². The van der Waals surface area contributed by atoms with Gasteiger partial charge in [0.25, 0.3) is 0 Å². The molecule has 1 aromatic rings. The normalized spacial score (nSPS) is 18.2. The predicted octanol–water partition coefficient (Wildman–Crippen LogP) is 3.61. The first-order chi connectivity index (χ1) is 12.7. The lowest BCUT2D eigenvalue weighted by atomic mass is 9.72. The SMILES string of the molecule is COC(=O)C(C)(C)COc1ccc(C(CN(C)C)C2(O)CCCCC2)cc1. The molecule has 1 unspecified atom stereocenters. The van der Waals surface area contributed by atoms with Gasteiger partial charge in [0.15, 0.2) is 0 Å². The van der Waals surface area contributed by atoms with Gasteiger partial charge in [-0.05, 0) is 58.5 Å². The molecule has 5 nitrogen and oxygen atoms in total. The molecule has 0 saturated heterocycles. The van der Waals surface area contributed by atoms with E-state index in [-0.39, 0.29) is 18.5 Å². The Morgan fingerprint density at radius 2 is 1.78 bits per heavy atom. The predicted molar refractivity (Wildman–Crippen MR) is 107 cm³/mol.